The van der Waals surface area contributed by atoms with Crippen LogP contribution in [0.25, 0.3) is 0 Å². The van der Waals surface area contributed by atoms with Gasteiger partial charge >= 0.3 is 0 Å². The van der Waals surface area contributed by atoms with Gasteiger partial charge in [0.05, 0.1) is 29.9 Å². The van der Waals surface area contributed by atoms with Gasteiger partial charge in [0, 0.05) is 24.3 Å². The zero-order chi connectivity index (χ0) is 20.6. The molecule has 0 bridgehead atoms. The lowest BCUT2D eigenvalue weighted by atomic mass is 10.2. The standard InChI is InChI=1S/C20H20N4O3S/c1-16-7-9-18(10-8-16)23-28(26,27)19-6-2-5-17(15-19)20(25)24(13-3-11-21)14-4-12-22/h2,5-10,15,23H,3-4,13-14H2,1H3. The number of nitriles is 2. The molecule has 2 aromatic carbocycles. The second kappa shape index (κ2) is 9.54. The molecule has 28 heavy (non-hydrogen) atoms. The van der Waals surface area contributed by atoms with Crippen molar-refractivity contribution in [2.24, 2.45) is 0 Å². The van der Waals surface area contributed by atoms with Crippen LogP contribution in [-0.4, -0.2) is 32.3 Å². The number of sulfonamides is 1. The maximum absolute atomic E-state index is 12.7. The van der Waals surface area contributed by atoms with Crippen LogP contribution in [-0.2, 0) is 10.0 Å². The van der Waals surface area contributed by atoms with Crippen LogP contribution in [0.5, 0.6) is 0 Å². The lowest BCUT2D eigenvalue weighted by Crippen LogP contribution is -2.33. The Labute approximate surface area is 164 Å². The molecule has 0 spiro atoms. The molecule has 144 valence electrons. The van der Waals surface area contributed by atoms with E-state index in [9.17, 15) is 13.2 Å². The molecule has 0 saturated carbocycles. The third-order valence-corrected chi connectivity index (χ3v) is 5.35. The molecule has 0 aliphatic carbocycles. The van der Waals surface area contributed by atoms with Crippen molar-refractivity contribution in [2.45, 2.75) is 24.7 Å². The van der Waals surface area contributed by atoms with Crippen LogP contribution < -0.4 is 4.72 Å². The van der Waals surface area contributed by atoms with Gasteiger partial charge in [0.2, 0.25) is 0 Å². The van der Waals surface area contributed by atoms with Gasteiger partial charge in [-0.25, -0.2) is 8.42 Å². The zero-order valence-electron chi connectivity index (χ0n) is 15.4. The molecular formula is C20H20N4O3S. The monoisotopic (exact) mass is 396 g/mol. The SMILES string of the molecule is Cc1ccc(NS(=O)(=O)c2cccc(C(=O)N(CCC#N)CCC#N)c2)cc1. The fourth-order valence-corrected chi connectivity index (χ4v) is 3.60. The second-order valence-corrected chi connectivity index (χ2v) is 7.79. The van der Waals surface area contributed by atoms with E-state index >= 15 is 0 Å². The average molecular weight is 396 g/mol. The molecule has 2 rings (SSSR count). The maximum Gasteiger partial charge on any atom is 0.261 e. The summed E-state index contributed by atoms with van der Waals surface area (Å²) in [6.07, 6.45) is 0.258. The first kappa shape index (κ1) is 20.9. The van der Waals surface area contributed by atoms with E-state index < -0.39 is 15.9 Å². The highest BCUT2D eigenvalue weighted by Gasteiger charge is 2.19. The first-order valence-corrected chi connectivity index (χ1v) is 10.1. The summed E-state index contributed by atoms with van der Waals surface area (Å²) >= 11 is 0. The van der Waals surface area contributed by atoms with E-state index in [1.807, 2.05) is 19.1 Å². The summed E-state index contributed by atoms with van der Waals surface area (Å²) in [5.41, 5.74) is 1.61. The normalized spacial score (nSPS) is 10.5. The summed E-state index contributed by atoms with van der Waals surface area (Å²) in [5, 5.41) is 17.5. The van der Waals surface area contributed by atoms with E-state index in [-0.39, 0.29) is 36.4 Å². The first-order valence-electron chi connectivity index (χ1n) is 8.60. The summed E-state index contributed by atoms with van der Waals surface area (Å²) < 4.78 is 27.8. The number of carbonyl (C=O) groups is 1. The van der Waals surface area contributed by atoms with E-state index in [1.54, 1.807) is 24.3 Å². The van der Waals surface area contributed by atoms with Crippen LogP contribution in [0.3, 0.4) is 0 Å². The molecule has 1 N–H and O–H groups in total. The Morgan fingerprint density at radius 3 is 2.21 bits per heavy atom. The van der Waals surface area contributed by atoms with E-state index in [2.05, 4.69) is 4.72 Å². The minimum atomic E-state index is -3.87. The number of rotatable bonds is 8. The molecule has 0 unspecified atom stereocenters. The third kappa shape index (κ3) is 5.57. The van der Waals surface area contributed by atoms with Crippen LogP contribution in [0.1, 0.15) is 28.8 Å². The lowest BCUT2D eigenvalue weighted by molar-refractivity contribution is 0.0762. The minimum Gasteiger partial charge on any atom is -0.337 e. The predicted octanol–water partition coefficient (Wildman–Crippen LogP) is 3.07. The molecular weight excluding hydrogens is 376 g/mol. The van der Waals surface area contributed by atoms with E-state index in [4.69, 9.17) is 10.5 Å². The topological polar surface area (TPSA) is 114 Å². The fraction of sp³-hybridized carbons (Fsp3) is 0.250. The van der Waals surface area contributed by atoms with Crippen molar-refractivity contribution in [1.82, 2.24) is 4.90 Å². The van der Waals surface area contributed by atoms with Crippen molar-refractivity contribution in [1.29, 1.82) is 10.5 Å². The summed E-state index contributed by atoms with van der Waals surface area (Å²) in [6.45, 7) is 2.25. The van der Waals surface area contributed by atoms with E-state index in [0.717, 1.165) is 5.56 Å². The highest BCUT2D eigenvalue weighted by molar-refractivity contribution is 7.92. The molecule has 0 saturated heterocycles. The van der Waals surface area contributed by atoms with Gasteiger partial charge in [-0.15, -0.1) is 0 Å². The highest BCUT2D eigenvalue weighted by atomic mass is 32.2. The van der Waals surface area contributed by atoms with Gasteiger partial charge in [0.15, 0.2) is 0 Å². The molecule has 2 aromatic rings. The van der Waals surface area contributed by atoms with Crippen molar-refractivity contribution in [3.05, 3.63) is 59.7 Å². The number of benzene rings is 2. The van der Waals surface area contributed by atoms with E-state index in [1.165, 1.54) is 29.2 Å². The van der Waals surface area contributed by atoms with Crippen molar-refractivity contribution >= 4 is 21.6 Å². The summed E-state index contributed by atoms with van der Waals surface area (Å²) in [4.78, 5) is 14.1. The molecule has 7 nitrogen and oxygen atoms in total. The Balaban J connectivity index is 2.26. The van der Waals surface area contributed by atoms with Gasteiger partial charge in [-0.05, 0) is 37.3 Å². The van der Waals surface area contributed by atoms with E-state index in [0.29, 0.717) is 5.69 Å². The lowest BCUT2D eigenvalue weighted by Gasteiger charge is -2.20. The Bertz CT molecular complexity index is 1000. The molecule has 8 heteroatoms. The molecule has 0 aromatic heterocycles. The molecule has 0 atom stereocenters. The van der Waals surface area contributed by atoms with Crippen LogP contribution in [0, 0.1) is 29.6 Å². The minimum absolute atomic E-state index is 0.0422. The smallest absolute Gasteiger partial charge is 0.261 e. The average Bonchev–Trinajstić information content (AvgIpc) is 2.69. The number of carbonyl (C=O) groups excluding carboxylic acids is 1. The molecule has 0 radical (unpaired) electrons. The van der Waals surface area contributed by atoms with Gasteiger partial charge in [0.25, 0.3) is 15.9 Å². The molecule has 0 heterocycles. The fourth-order valence-electron chi connectivity index (χ4n) is 2.50. The number of nitrogens with zero attached hydrogens (tertiary/aromatic N) is 3. The molecule has 0 aliphatic rings. The first-order chi connectivity index (χ1) is 13.4. The zero-order valence-corrected chi connectivity index (χ0v) is 16.2. The van der Waals surface area contributed by atoms with Crippen LogP contribution in [0.2, 0.25) is 0 Å². The number of aryl methyl sites for hydroxylation is 1. The Morgan fingerprint density at radius 2 is 1.64 bits per heavy atom. The van der Waals surface area contributed by atoms with Crippen LogP contribution >= 0.6 is 0 Å². The van der Waals surface area contributed by atoms with Crippen molar-refractivity contribution in [2.75, 3.05) is 17.8 Å². The second-order valence-electron chi connectivity index (χ2n) is 6.11. The Kier molecular flexibility index (Phi) is 7.14. The summed E-state index contributed by atoms with van der Waals surface area (Å²) in [7, 11) is -3.87. The van der Waals surface area contributed by atoms with Gasteiger partial charge in [-0.3, -0.25) is 9.52 Å². The van der Waals surface area contributed by atoms with Gasteiger partial charge in [0.1, 0.15) is 0 Å². The molecule has 1 amide bonds. The predicted molar refractivity (Wildman–Crippen MR) is 105 cm³/mol. The third-order valence-electron chi connectivity index (χ3n) is 3.97. The number of amides is 1. The highest BCUT2D eigenvalue weighted by Crippen LogP contribution is 2.18. The van der Waals surface area contributed by atoms with Crippen molar-refractivity contribution in [3.63, 3.8) is 0 Å². The number of hydrogen-bond donors (Lipinski definition) is 1. The molecule has 0 aliphatic heterocycles. The number of hydrogen-bond acceptors (Lipinski definition) is 5. The summed E-state index contributed by atoms with van der Waals surface area (Å²) in [6, 6.07) is 16.5. The van der Waals surface area contributed by atoms with Crippen LogP contribution in [0.4, 0.5) is 5.69 Å². The largest absolute Gasteiger partial charge is 0.337 e. The van der Waals surface area contributed by atoms with Crippen molar-refractivity contribution in [3.8, 4) is 12.1 Å². The van der Waals surface area contributed by atoms with Gasteiger partial charge in [-0.2, -0.15) is 10.5 Å². The van der Waals surface area contributed by atoms with Gasteiger partial charge < -0.3 is 4.90 Å². The summed E-state index contributed by atoms with van der Waals surface area (Å²) in [5.74, 6) is -0.419. The Hall–Kier alpha value is -3.36. The number of nitrogens with one attached hydrogen (secondary N) is 1. The van der Waals surface area contributed by atoms with Gasteiger partial charge in [-0.1, -0.05) is 23.8 Å². The number of anilines is 1. The van der Waals surface area contributed by atoms with Crippen LogP contribution in [0.15, 0.2) is 53.4 Å². The quantitative estimate of drug-likeness (QED) is 0.736. The maximum atomic E-state index is 12.7. The van der Waals surface area contributed by atoms with Crippen molar-refractivity contribution < 1.29 is 13.2 Å². The Morgan fingerprint density at radius 1 is 1.04 bits per heavy atom. The molecule has 0 fully saturated rings.